The second-order valence-electron chi connectivity index (χ2n) is 5.95. The molecular weight excluding hydrogens is 397 g/mol. The smallest absolute Gasteiger partial charge is 0.294 e. The van der Waals surface area contributed by atoms with E-state index in [4.69, 9.17) is 0 Å². The molecule has 2 aromatic heterocycles. The molecule has 0 aliphatic carbocycles. The fraction of sp³-hybridized carbons (Fsp3) is 0.0500. The van der Waals surface area contributed by atoms with Crippen LogP contribution in [0.25, 0.3) is 10.6 Å². The second kappa shape index (κ2) is 7.87. The Morgan fingerprint density at radius 2 is 1.82 bits per heavy atom. The highest BCUT2D eigenvalue weighted by Crippen LogP contribution is 2.28. The Morgan fingerprint density at radius 3 is 2.54 bits per heavy atom. The van der Waals surface area contributed by atoms with Crippen LogP contribution in [0.15, 0.2) is 76.4 Å². The van der Waals surface area contributed by atoms with Gasteiger partial charge in [0.05, 0.1) is 22.0 Å². The third-order valence-electron chi connectivity index (χ3n) is 4.12. The quantitative estimate of drug-likeness (QED) is 0.317. The number of nitrogens with zero attached hydrogens (tertiary/aromatic N) is 3. The topological polar surface area (TPSA) is 60.4 Å². The summed E-state index contributed by atoms with van der Waals surface area (Å²) in [6.07, 6.45) is 0. The van der Waals surface area contributed by atoms with Crippen LogP contribution in [0.3, 0.4) is 0 Å². The molecule has 0 aliphatic rings. The van der Waals surface area contributed by atoms with Gasteiger partial charge in [0.25, 0.3) is 5.69 Å². The van der Waals surface area contributed by atoms with Crippen molar-refractivity contribution in [3.8, 4) is 10.6 Å². The zero-order valence-electron chi connectivity index (χ0n) is 14.5. The largest absolute Gasteiger partial charge is 0.311 e. The summed E-state index contributed by atoms with van der Waals surface area (Å²) in [5.41, 5.74) is 2.16. The zero-order chi connectivity index (χ0) is 19.5. The van der Waals surface area contributed by atoms with Crippen molar-refractivity contribution in [1.82, 2.24) is 4.57 Å². The number of thiazole rings is 1. The molecule has 2 aromatic carbocycles. The van der Waals surface area contributed by atoms with Gasteiger partial charge in [-0.2, -0.15) is 0 Å². The summed E-state index contributed by atoms with van der Waals surface area (Å²) in [6.45, 7) is 0.483. The van der Waals surface area contributed by atoms with Crippen LogP contribution in [-0.4, -0.2) is 9.49 Å². The number of thiophene rings is 1. The van der Waals surface area contributed by atoms with Crippen molar-refractivity contribution >= 4 is 34.0 Å². The van der Waals surface area contributed by atoms with E-state index in [1.165, 1.54) is 29.5 Å². The third-order valence-corrected chi connectivity index (χ3v) is 5.88. The molecule has 0 atom stereocenters. The fourth-order valence-electron chi connectivity index (χ4n) is 2.78. The molecule has 0 saturated heterocycles. The Labute approximate surface area is 167 Å². The van der Waals surface area contributed by atoms with Gasteiger partial charge in [-0.25, -0.2) is 9.38 Å². The lowest BCUT2D eigenvalue weighted by Gasteiger charge is -2.08. The van der Waals surface area contributed by atoms with Crippen LogP contribution in [0.2, 0.25) is 0 Å². The lowest BCUT2D eigenvalue weighted by Crippen LogP contribution is -2.16. The number of hydrogen-bond acceptors (Lipinski definition) is 5. The van der Waals surface area contributed by atoms with Crippen LogP contribution >= 0.6 is 22.7 Å². The van der Waals surface area contributed by atoms with Gasteiger partial charge in [-0.3, -0.25) is 10.1 Å². The minimum Gasteiger partial charge on any atom is -0.311 e. The molecule has 0 saturated carbocycles. The van der Waals surface area contributed by atoms with Gasteiger partial charge in [-0.05, 0) is 35.2 Å². The summed E-state index contributed by atoms with van der Waals surface area (Å²) in [5.74, 6) is -0.289. The summed E-state index contributed by atoms with van der Waals surface area (Å²) >= 11 is 3.03. The molecule has 0 radical (unpaired) electrons. The molecule has 28 heavy (non-hydrogen) atoms. The van der Waals surface area contributed by atoms with Crippen molar-refractivity contribution < 1.29 is 9.31 Å². The van der Waals surface area contributed by atoms with Crippen LogP contribution in [0.5, 0.6) is 0 Å². The van der Waals surface area contributed by atoms with Gasteiger partial charge in [0.15, 0.2) is 4.80 Å². The van der Waals surface area contributed by atoms with Gasteiger partial charge in [-0.1, -0.05) is 30.3 Å². The highest BCUT2D eigenvalue weighted by Gasteiger charge is 2.14. The Balaban J connectivity index is 1.86. The highest BCUT2D eigenvalue weighted by molar-refractivity contribution is 7.14. The standard InChI is InChI=1S/C20H14FN3O2S2/c21-15-9-7-14(8-10-15)12-23-18(19-6-3-11-27-19)13-28-20(23)22-16-4-1-2-5-17(16)24(25)26/h1-11,13H,12H2. The molecule has 8 heteroatoms. The molecule has 0 aliphatic heterocycles. The maximum Gasteiger partial charge on any atom is 0.294 e. The minimum absolute atomic E-state index is 0.0399. The average Bonchev–Trinajstić information content (AvgIpc) is 3.34. The maximum absolute atomic E-state index is 13.3. The van der Waals surface area contributed by atoms with E-state index < -0.39 is 4.92 Å². The summed E-state index contributed by atoms with van der Waals surface area (Å²) in [5, 5.41) is 15.3. The van der Waals surface area contributed by atoms with Crippen LogP contribution in [0, 0.1) is 15.9 Å². The minimum atomic E-state index is -0.434. The molecule has 5 nitrogen and oxygen atoms in total. The van der Waals surface area contributed by atoms with Crippen molar-refractivity contribution in [2.45, 2.75) is 6.54 Å². The first-order valence-corrected chi connectivity index (χ1v) is 10.1. The van der Waals surface area contributed by atoms with Gasteiger partial charge in [0.2, 0.25) is 0 Å². The number of nitro groups is 1. The van der Waals surface area contributed by atoms with E-state index in [1.807, 2.05) is 27.5 Å². The first kappa shape index (κ1) is 18.3. The van der Waals surface area contributed by atoms with E-state index in [1.54, 1.807) is 41.7 Å². The summed E-state index contributed by atoms with van der Waals surface area (Å²) < 4.78 is 15.3. The van der Waals surface area contributed by atoms with Crippen molar-refractivity contribution in [2.75, 3.05) is 0 Å². The lowest BCUT2D eigenvalue weighted by molar-refractivity contribution is -0.384. The Bertz CT molecular complexity index is 1180. The molecule has 2 heterocycles. The van der Waals surface area contributed by atoms with Gasteiger partial charge in [-0.15, -0.1) is 22.7 Å². The molecule has 0 amide bonds. The summed E-state index contributed by atoms with van der Waals surface area (Å²) in [6, 6.07) is 16.7. The number of rotatable bonds is 5. The molecule has 0 spiro atoms. The van der Waals surface area contributed by atoms with Gasteiger partial charge in [0, 0.05) is 11.4 Å². The highest BCUT2D eigenvalue weighted by atomic mass is 32.1. The molecule has 140 valence electrons. The van der Waals surface area contributed by atoms with Crippen molar-refractivity contribution in [3.05, 3.63) is 97.7 Å². The molecule has 4 aromatic rings. The number of para-hydroxylation sites is 2. The number of hydrogen-bond donors (Lipinski definition) is 0. The fourth-order valence-corrected chi connectivity index (χ4v) is 4.52. The van der Waals surface area contributed by atoms with Crippen LogP contribution in [-0.2, 0) is 6.54 Å². The van der Waals surface area contributed by atoms with Gasteiger partial charge >= 0.3 is 0 Å². The molecule has 4 rings (SSSR count). The Kier molecular flexibility index (Phi) is 5.14. The number of halogens is 1. The molecular formula is C20H14FN3O2S2. The van der Waals surface area contributed by atoms with Gasteiger partial charge < -0.3 is 4.57 Å². The van der Waals surface area contributed by atoms with Gasteiger partial charge in [0.1, 0.15) is 11.5 Å². The third kappa shape index (κ3) is 3.78. The van der Waals surface area contributed by atoms with E-state index in [9.17, 15) is 14.5 Å². The van der Waals surface area contributed by atoms with E-state index in [0.717, 1.165) is 16.1 Å². The summed E-state index contributed by atoms with van der Waals surface area (Å²) in [7, 11) is 0. The van der Waals surface area contributed by atoms with Crippen molar-refractivity contribution in [3.63, 3.8) is 0 Å². The Morgan fingerprint density at radius 1 is 1.04 bits per heavy atom. The molecule has 0 N–H and O–H groups in total. The maximum atomic E-state index is 13.3. The molecule has 0 unspecified atom stereocenters. The Hall–Kier alpha value is -3.10. The van der Waals surface area contributed by atoms with Crippen LogP contribution in [0.1, 0.15) is 5.56 Å². The van der Waals surface area contributed by atoms with E-state index in [0.29, 0.717) is 17.0 Å². The van der Waals surface area contributed by atoms with Crippen LogP contribution in [0.4, 0.5) is 15.8 Å². The first-order valence-electron chi connectivity index (χ1n) is 8.36. The normalized spacial score (nSPS) is 11.7. The van der Waals surface area contributed by atoms with E-state index in [-0.39, 0.29) is 11.5 Å². The zero-order valence-corrected chi connectivity index (χ0v) is 16.1. The number of aromatic nitrogens is 1. The predicted octanol–water partition coefficient (Wildman–Crippen LogP) is 5.61. The van der Waals surface area contributed by atoms with E-state index in [2.05, 4.69) is 4.99 Å². The second-order valence-corrected chi connectivity index (χ2v) is 7.74. The lowest BCUT2D eigenvalue weighted by atomic mass is 10.2. The number of nitro benzene ring substituents is 1. The van der Waals surface area contributed by atoms with Crippen LogP contribution < -0.4 is 4.80 Å². The van der Waals surface area contributed by atoms with Crippen molar-refractivity contribution in [2.24, 2.45) is 4.99 Å². The average molecular weight is 411 g/mol. The first-order chi connectivity index (χ1) is 13.6. The SMILES string of the molecule is O=[N+]([O-])c1ccccc1N=c1scc(-c2cccs2)n1Cc1ccc(F)cc1. The predicted molar refractivity (Wildman–Crippen MR) is 109 cm³/mol. The van der Waals surface area contributed by atoms with E-state index >= 15 is 0 Å². The molecule has 0 bridgehead atoms. The molecule has 0 fully saturated rings. The number of benzene rings is 2. The monoisotopic (exact) mass is 411 g/mol. The summed E-state index contributed by atoms with van der Waals surface area (Å²) in [4.78, 5) is 17.2. The van der Waals surface area contributed by atoms with Crippen molar-refractivity contribution in [1.29, 1.82) is 0 Å².